The van der Waals surface area contributed by atoms with Crippen LogP contribution in [-0.2, 0) is 11.2 Å². The predicted octanol–water partition coefficient (Wildman–Crippen LogP) is 3.32. The first kappa shape index (κ1) is 11.5. The Hall–Kier alpha value is -1.02. The van der Waals surface area contributed by atoms with E-state index in [0.717, 1.165) is 23.3 Å². The highest BCUT2D eigenvalue weighted by Crippen LogP contribution is 2.36. The molecule has 0 saturated heterocycles. The van der Waals surface area contributed by atoms with Gasteiger partial charge in [0.1, 0.15) is 5.75 Å². The molecule has 0 aliphatic carbocycles. The molecule has 0 radical (unpaired) electrons. The van der Waals surface area contributed by atoms with Crippen molar-refractivity contribution in [2.75, 3.05) is 0 Å². The predicted molar refractivity (Wildman–Crippen MR) is 64.2 cm³/mol. The van der Waals surface area contributed by atoms with Gasteiger partial charge in [0, 0.05) is 23.4 Å². The van der Waals surface area contributed by atoms with Crippen LogP contribution in [0.3, 0.4) is 0 Å². The van der Waals surface area contributed by atoms with Gasteiger partial charge in [0.15, 0.2) is 11.9 Å². The molecule has 16 heavy (non-hydrogen) atoms. The van der Waals surface area contributed by atoms with Gasteiger partial charge >= 0.3 is 0 Å². The smallest absolute Gasteiger partial charge is 0.173 e. The van der Waals surface area contributed by atoms with Gasteiger partial charge in [0.05, 0.1) is 0 Å². The fraction of sp³-hybridized carbons (Fsp3) is 0.462. The lowest BCUT2D eigenvalue weighted by Gasteiger charge is -2.08. The Morgan fingerprint density at radius 1 is 1.56 bits per heavy atom. The highest BCUT2D eigenvalue weighted by Gasteiger charge is 2.29. The molecular weight excluding hydrogens is 224 g/mol. The van der Waals surface area contributed by atoms with Gasteiger partial charge in [-0.2, -0.15) is 0 Å². The SMILES string of the molecule is CCCC(=O)C1Cc2c(Cl)cc(C)cc2O1. The zero-order chi connectivity index (χ0) is 11.7. The first-order chi connectivity index (χ1) is 7.61. The fourth-order valence-electron chi connectivity index (χ4n) is 2.01. The average Bonchev–Trinajstić information content (AvgIpc) is 2.62. The molecular formula is C13H15ClO2. The van der Waals surface area contributed by atoms with E-state index in [9.17, 15) is 4.79 Å². The molecule has 0 aromatic heterocycles. The van der Waals surface area contributed by atoms with Crippen molar-refractivity contribution < 1.29 is 9.53 Å². The lowest BCUT2D eigenvalue weighted by molar-refractivity contribution is -0.125. The summed E-state index contributed by atoms with van der Waals surface area (Å²) < 4.78 is 5.65. The summed E-state index contributed by atoms with van der Waals surface area (Å²) in [5.74, 6) is 0.951. The lowest BCUT2D eigenvalue weighted by Crippen LogP contribution is -2.24. The van der Waals surface area contributed by atoms with Crippen LogP contribution >= 0.6 is 11.6 Å². The van der Waals surface area contributed by atoms with Crippen LogP contribution in [0.5, 0.6) is 5.75 Å². The first-order valence-electron chi connectivity index (χ1n) is 5.60. The van der Waals surface area contributed by atoms with E-state index in [0.29, 0.717) is 17.9 Å². The molecule has 0 N–H and O–H groups in total. The van der Waals surface area contributed by atoms with E-state index in [4.69, 9.17) is 16.3 Å². The number of hydrogen-bond donors (Lipinski definition) is 0. The minimum atomic E-state index is -0.325. The number of carbonyl (C=O) groups excluding carboxylic acids is 1. The molecule has 1 aliphatic rings. The average molecular weight is 239 g/mol. The summed E-state index contributed by atoms with van der Waals surface area (Å²) in [5, 5.41) is 0.710. The number of halogens is 1. The van der Waals surface area contributed by atoms with E-state index in [1.165, 1.54) is 0 Å². The molecule has 2 rings (SSSR count). The second kappa shape index (κ2) is 4.46. The summed E-state index contributed by atoms with van der Waals surface area (Å²) in [7, 11) is 0. The maximum Gasteiger partial charge on any atom is 0.173 e. The minimum absolute atomic E-state index is 0.174. The fourth-order valence-corrected chi connectivity index (χ4v) is 2.35. The number of fused-ring (bicyclic) bond motifs is 1. The van der Waals surface area contributed by atoms with Gasteiger partial charge in [-0.1, -0.05) is 18.5 Å². The maximum absolute atomic E-state index is 11.7. The third kappa shape index (κ3) is 2.07. The molecule has 1 aromatic carbocycles. The summed E-state index contributed by atoms with van der Waals surface area (Å²) >= 11 is 6.13. The zero-order valence-electron chi connectivity index (χ0n) is 9.55. The van der Waals surface area contributed by atoms with Crippen molar-refractivity contribution in [2.24, 2.45) is 0 Å². The maximum atomic E-state index is 11.7. The van der Waals surface area contributed by atoms with Crippen molar-refractivity contribution >= 4 is 17.4 Å². The minimum Gasteiger partial charge on any atom is -0.482 e. The molecule has 1 atom stereocenters. The van der Waals surface area contributed by atoms with Crippen molar-refractivity contribution in [1.82, 2.24) is 0 Å². The Balaban J connectivity index is 2.21. The third-order valence-corrected chi connectivity index (χ3v) is 3.15. The van der Waals surface area contributed by atoms with Crippen LogP contribution in [0.15, 0.2) is 12.1 Å². The molecule has 2 nitrogen and oxygen atoms in total. The van der Waals surface area contributed by atoms with Crippen LogP contribution in [-0.4, -0.2) is 11.9 Å². The van der Waals surface area contributed by atoms with E-state index < -0.39 is 0 Å². The Bertz CT molecular complexity index is 426. The lowest BCUT2D eigenvalue weighted by atomic mass is 10.0. The summed E-state index contributed by atoms with van der Waals surface area (Å²) in [6, 6.07) is 3.86. The van der Waals surface area contributed by atoms with Crippen molar-refractivity contribution in [3.05, 3.63) is 28.3 Å². The Labute approximate surface area is 101 Å². The van der Waals surface area contributed by atoms with Crippen LogP contribution < -0.4 is 4.74 Å². The topological polar surface area (TPSA) is 26.3 Å². The number of benzene rings is 1. The van der Waals surface area contributed by atoms with Crippen LogP contribution in [0.1, 0.15) is 30.9 Å². The van der Waals surface area contributed by atoms with Crippen LogP contribution in [0.25, 0.3) is 0 Å². The largest absolute Gasteiger partial charge is 0.482 e. The van der Waals surface area contributed by atoms with Gasteiger partial charge in [0.2, 0.25) is 0 Å². The third-order valence-electron chi connectivity index (χ3n) is 2.81. The van der Waals surface area contributed by atoms with Gasteiger partial charge in [0.25, 0.3) is 0 Å². The van der Waals surface area contributed by atoms with Gasteiger partial charge in [-0.15, -0.1) is 0 Å². The zero-order valence-corrected chi connectivity index (χ0v) is 10.3. The molecule has 86 valence electrons. The molecule has 1 aromatic rings. The number of aryl methyl sites for hydroxylation is 1. The van der Waals surface area contributed by atoms with Gasteiger partial charge in [-0.05, 0) is 31.0 Å². The first-order valence-corrected chi connectivity index (χ1v) is 5.98. The number of rotatable bonds is 3. The number of ether oxygens (including phenoxy) is 1. The standard InChI is InChI=1S/C13H15ClO2/c1-3-4-11(15)13-7-9-10(14)5-8(2)6-12(9)16-13/h5-6,13H,3-4,7H2,1-2H3. The number of ketones is 1. The molecule has 1 aliphatic heterocycles. The Morgan fingerprint density at radius 2 is 2.31 bits per heavy atom. The summed E-state index contributed by atoms with van der Waals surface area (Å²) in [5.41, 5.74) is 2.04. The number of Topliss-reactive ketones (excluding diaryl/α,β-unsaturated/α-hetero) is 1. The molecule has 3 heteroatoms. The highest BCUT2D eigenvalue weighted by atomic mass is 35.5. The molecule has 0 fully saturated rings. The van der Waals surface area contributed by atoms with Crippen LogP contribution in [0, 0.1) is 6.92 Å². The van der Waals surface area contributed by atoms with Crippen molar-refractivity contribution in [3.63, 3.8) is 0 Å². The monoisotopic (exact) mass is 238 g/mol. The van der Waals surface area contributed by atoms with Gasteiger partial charge < -0.3 is 4.74 Å². The molecule has 1 heterocycles. The van der Waals surface area contributed by atoms with Gasteiger partial charge in [-0.3, -0.25) is 4.79 Å². The molecule has 1 unspecified atom stereocenters. The van der Waals surface area contributed by atoms with Crippen LogP contribution in [0.4, 0.5) is 0 Å². The normalized spacial score (nSPS) is 18.1. The van der Waals surface area contributed by atoms with E-state index in [1.807, 2.05) is 26.0 Å². The van der Waals surface area contributed by atoms with E-state index in [1.54, 1.807) is 0 Å². The van der Waals surface area contributed by atoms with Crippen molar-refractivity contribution in [1.29, 1.82) is 0 Å². The Morgan fingerprint density at radius 3 is 3.00 bits per heavy atom. The van der Waals surface area contributed by atoms with Crippen molar-refractivity contribution in [2.45, 2.75) is 39.2 Å². The molecule has 0 amide bonds. The Kier molecular flexibility index (Phi) is 3.20. The summed E-state index contributed by atoms with van der Waals surface area (Å²) in [4.78, 5) is 11.7. The van der Waals surface area contributed by atoms with E-state index in [-0.39, 0.29) is 11.9 Å². The summed E-state index contributed by atoms with van der Waals surface area (Å²) in [6.45, 7) is 3.97. The number of hydrogen-bond acceptors (Lipinski definition) is 2. The summed E-state index contributed by atoms with van der Waals surface area (Å²) in [6.07, 6.45) is 1.74. The van der Waals surface area contributed by atoms with E-state index in [2.05, 4.69) is 0 Å². The molecule has 0 bridgehead atoms. The molecule has 0 saturated carbocycles. The second-order valence-electron chi connectivity index (χ2n) is 4.25. The second-order valence-corrected chi connectivity index (χ2v) is 4.66. The van der Waals surface area contributed by atoms with Crippen LogP contribution in [0.2, 0.25) is 5.02 Å². The number of carbonyl (C=O) groups is 1. The quantitative estimate of drug-likeness (QED) is 0.808. The van der Waals surface area contributed by atoms with E-state index >= 15 is 0 Å². The van der Waals surface area contributed by atoms with Crippen molar-refractivity contribution in [3.8, 4) is 5.75 Å². The molecule has 0 spiro atoms. The van der Waals surface area contributed by atoms with Gasteiger partial charge in [-0.25, -0.2) is 0 Å². The highest BCUT2D eigenvalue weighted by molar-refractivity contribution is 6.31.